The molecular formula is C19H26ClN3O3S. The number of carbonyl (C=O) groups is 1. The normalized spacial score (nSPS) is 13.1. The van der Waals surface area contributed by atoms with Crippen molar-refractivity contribution in [3.8, 4) is 0 Å². The number of carbonyl (C=O) groups excluding carboxylic acids is 1. The second-order valence-electron chi connectivity index (χ2n) is 6.22. The highest BCUT2D eigenvalue weighted by Gasteiger charge is 2.22. The zero-order chi connectivity index (χ0) is 19.2. The Labute approximate surface area is 167 Å². The van der Waals surface area contributed by atoms with Crippen molar-refractivity contribution in [3.05, 3.63) is 60.2 Å². The molecule has 0 saturated carbocycles. The van der Waals surface area contributed by atoms with E-state index in [1.165, 1.54) is 0 Å². The molecule has 4 N–H and O–H groups in total. The van der Waals surface area contributed by atoms with Gasteiger partial charge in [-0.15, -0.1) is 12.4 Å². The van der Waals surface area contributed by atoms with Crippen LogP contribution in [-0.2, 0) is 14.8 Å². The van der Waals surface area contributed by atoms with E-state index >= 15 is 0 Å². The zero-order valence-corrected chi connectivity index (χ0v) is 17.0. The largest absolute Gasteiger partial charge is 0.326 e. The van der Waals surface area contributed by atoms with Gasteiger partial charge in [-0.05, 0) is 30.2 Å². The van der Waals surface area contributed by atoms with Crippen LogP contribution in [0, 0.1) is 5.92 Å². The van der Waals surface area contributed by atoms with Crippen LogP contribution < -0.4 is 15.8 Å². The van der Waals surface area contributed by atoms with Gasteiger partial charge in [0, 0.05) is 11.7 Å². The van der Waals surface area contributed by atoms with Crippen LogP contribution in [0.5, 0.6) is 0 Å². The summed E-state index contributed by atoms with van der Waals surface area (Å²) in [6.45, 7) is 3.56. The van der Waals surface area contributed by atoms with Crippen LogP contribution in [0.4, 0.5) is 11.4 Å². The number of rotatable bonds is 8. The van der Waals surface area contributed by atoms with Crippen LogP contribution in [-0.4, -0.2) is 20.1 Å². The third-order valence-electron chi connectivity index (χ3n) is 4.01. The second-order valence-corrected chi connectivity index (χ2v) is 8.06. The van der Waals surface area contributed by atoms with Gasteiger partial charge in [0.25, 0.3) is 0 Å². The minimum absolute atomic E-state index is 0. The first kappa shape index (κ1) is 23.0. The summed E-state index contributed by atoms with van der Waals surface area (Å²) in [5.74, 6) is -0.625. The highest BCUT2D eigenvalue weighted by molar-refractivity contribution is 7.92. The van der Waals surface area contributed by atoms with Gasteiger partial charge in [-0.3, -0.25) is 9.52 Å². The number of hydrogen-bond acceptors (Lipinski definition) is 4. The Balaban J connectivity index is 0.00000364. The number of anilines is 2. The van der Waals surface area contributed by atoms with Crippen LogP contribution in [0.2, 0.25) is 0 Å². The molecule has 2 unspecified atom stereocenters. The monoisotopic (exact) mass is 411 g/mol. The zero-order valence-electron chi connectivity index (χ0n) is 15.4. The van der Waals surface area contributed by atoms with Gasteiger partial charge in [-0.2, -0.15) is 0 Å². The van der Waals surface area contributed by atoms with Gasteiger partial charge in [0.05, 0.1) is 17.4 Å². The highest BCUT2D eigenvalue weighted by atomic mass is 35.5. The molecule has 2 atom stereocenters. The summed E-state index contributed by atoms with van der Waals surface area (Å²) >= 11 is 0. The van der Waals surface area contributed by atoms with Crippen molar-refractivity contribution < 1.29 is 13.2 Å². The molecule has 1 amide bonds. The molecule has 148 valence electrons. The summed E-state index contributed by atoms with van der Waals surface area (Å²) in [4.78, 5) is 12.5. The Morgan fingerprint density at radius 3 is 2.33 bits per heavy atom. The molecule has 2 aromatic carbocycles. The smallest absolute Gasteiger partial charge is 0.232 e. The topological polar surface area (TPSA) is 101 Å². The molecule has 27 heavy (non-hydrogen) atoms. The van der Waals surface area contributed by atoms with E-state index in [9.17, 15) is 13.2 Å². The lowest BCUT2D eigenvalue weighted by atomic mass is 9.94. The van der Waals surface area contributed by atoms with E-state index in [4.69, 9.17) is 5.73 Å². The van der Waals surface area contributed by atoms with Gasteiger partial charge >= 0.3 is 0 Å². The van der Waals surface area contributed by atoms with Crippen LogP contribution in [0.25, 0.3) is 0 Å². The van der Waals surface area contributed by atoms with Gasteiger partial charge in [0.15, 0.2) is 0 Å². The molecule has 0 aromatic heterocycles. The fourth-order valence-corrected chi connectivity index (χ4v) is 3.67. The van der Waals surface area contributed by atoms with Crippen LogP contribution in [0.15, 0.2) is 54.6 Å². The van der Waals surface area contributed by atoms with Gasteiger partial charge in [0.1, 0.15) is 0 Å². The average molecular weight is 412 g/mol. The van der Waals surface area contributed by atoms with Crippen molar-refractivity contribution in [1.82, 2.24) is 0 Å². The van der Waals surface area contributed by atoms with Crippen LogP contribution >= 0.6 is 12.4 Å². The third kappa shape index (κ3) is 6.86. The van der Waals surface area contributed by atoms with E-state index < -0.39 is 22.0 Å². The molecule has 0 bridgehead atoms. The van der Waals surface area contributed by atoms with E-state index in [0.29, 0.717) is 17.8 Å². The van der Waals surface area contributed by atoms with Gasteiger partial charge in [-0.1, -0.05) is 50.2 Å². The number of amides is 1. The first-order valence-corrected chi connectivity index (χ1v) is 10.2. The SMILES string of the molecule is CCCS(=O)(=O)Nc1cccc(NC(=O)C(C)C(N)c2ccccc2)c1.Cl. The van der Waals surface area contributed by atoms with E-state index in [0.717, 1.165) is 5.56 Å². The Morgan fingerprint density at radius 1 is 1.07 bits per heavy atom. The summed E-state index contributed by atoms with van der Waals surface area (Å²) in [5.41, 5.74) is 8.00. The lowest BCUT2D eigenvalue weighted by Gasteiger charge is -2.20. The maximum Gasteiger partial charge on any atom is 0.232 e. The predicted octanol–water partition coefficient (Wildman–Crippen LogP) is 3.53. The quantitative estimate of drug-likeness (QED) is 0.618. The van der Waals surface area contributed by atoms with Crippen molar-refractivity contribution >= 4 is 39.7 Å². The van der Waals surface area contributed by atoms with Crippen molar-refractivity contribution in [3.63, 3.8) is 0 Å². The Kier molecular flexibility index (Phi) is 8.75. The second kappa shape index (κ2) is 10.3. The van der Waals surface area contributed by atoms with Crippen LogP contribution in [0.3, 0.4) is 0 Å². The maximum absolute atomic E-state index is 12.5. The number of nitrogens with two attached hydrogens (primary N) is 1. The lowest BCUT2D eigenvalue weighted by Crippen LogP contribution is -2.30. The summed E-state index contributed by atoms with van der Waals surface area (Å²) in [6, 6.07) is 15.6. The summed E-state index contributed by atoms with van der Waals surface area (Å²) in [6.07, 6.45) is 0.528. The molecule has 6 nitrogen and oxygen atoms in total. The molecule has 0 radical (unpaired) electrons. The predicted molar refractivity (Wildman–Crippen MR) is 113 cm³/mol. The molecule has 2 aromatic rings. The van der Waals surface area contributed by atoms with Crippen LogP contribution in [0.1, 0.15) is 31.9 Å². The maximum atomic E-state index is 12.5. The first-order valence-electron chi connectivity index (χ1n) is 8.54. The van der Waals surface area contributed by atoms with Crippen molar-refractivity contribution in [1.29, 1.82) is 0 Å². The molecule has 0 aliphatic carbocycles. The van der Waals surface area contributed by atoms with Gasteiger partial charge in [-0.25, -0.2) is 8.42 Å². The van der Waals surface area contributed by atoms with E-state index in [-0.39, 0.29) is 24.1 Å². The average Bonchev–Trinajstić information content (AvgIpc) is 2.61. The van der Waals surface area contributed by atoms with Gasteiger partial charge in [0.2, 0.25) is 15.9 Å². The molecule has 0 aliphatic rings. The van der Waals surface area contributed by atoms with Gasteiger partial charge < -0.3 is 11.1 Å². The molecule has 0 heterocycles. The van der Waals surface area contributed by atoms with Crippen molar-refractivity contribution in [2.24, 2.45) is 11.7 Å². The van der Waals surface area contributed by atoms with E-state index in [2.05, 4.69) is 10.0 Å². The fourth-order valence-electron chi connectivity index (χ4n) is 2.54. The fraction of sp³-hybridized carbons (Fsp3) is 0.316. The number of benzene rings is 2. The number of halogens is 1. The Bertz CT molecular complexity index is 844. The molecule has 8 heteroatoms. The first-order chi connectivity index (χ1) is 12.3. The minimum atomic E-state index is -3.38. The third-order valence-corrected chi connectivity index (χ3v) is 5.51. The summed E-state index contributed by atoms with van der Waals surface area (Å²) < 4.78 is 26.3. The molecule has 0 saturated heterocycles. The lowest BCUT2D eigenvalue weighted by molar-refractivity contribution is -0.120. The Hall–Kier alpha value is -2.09. The highest BCUT2D eigenvalue weighted by Crippen LogP contribution is 2.22. The summed E-state index contributed by atoms with van der Waals surface area (Å²) in [7, 11) is -3.38. The number of sulfonamides is 1. The summed E-state index contributed by atoms with van der Waals surface area (Å²) in [5, 5.41) is 2.80. The number of hydrogen-bond donors (Lipinski definition) is 3. The van der Waals surface area contributed by atoms with Crippen molar-refractivity contribution in [2.75, 3.05) is 15.8 Å². The number of nitrogens with one attached hydrogen (secondary N) is 2. The Morgan fingerprint density at radius 2 is 1.70 bits per heavy atom. The minimum Gasteiger partial charge on any atom is -0.326 e. The van der Waals surface area contributed by atoms with E-state index in [1.807, 2.05) is 30.3 Å². The molecule has 0 fully saturated rings. The molecule has 0 aliphatic heterocycles. The van der Waals surface area contributed by atoms with Crippen molar-refractivity contribution in [2.45, 2.75) is 26.3 Å². The van der Waals surface area contributed by atoms with E-state index in [1.54, 1.807) is 38.1 Å². The molecule has 0 spiro atoms. The molecular weight excluding hydrogens is 386 g/mol. The standard InChI is InChI=1S/C19H25N3O3S.ClH/c1-3-12-26(24,25)22-17-11-7-10-16(13-17)21-19(23)14(2)18(20)15-8-5-4-6-9-15;/h4-11,13-14,18,22H,3,12,20H2,1-2H3,(H,21,23);1H. The molecule has 2 rings (SSSR count).